The zero-order valence-electron chi connectivity index (χ0n) is 18.3. The zero-order chi connectivity index (χ0) is 22.5. The van der Waals surface area contributed by atoms with Gasteiger partial charge in [0, 0.05) is 62.6 Å². The number of fused-ring (bicyclic) bond motifs is 1. The lowest BCUT2D eigenvalue weighted by Crippen LogP contribution is -2.47. The molecule has 1 aromatic carbocycles. The summed E-state index contributed by atoms with van der Waals surface area (Å²) in [5.74, 6) is 0.399. The minimum Gasteiger partial charge on any atom is -0.506 e. The Bertz CT molecular complexity index is 1320. The number of aryl methyl sites for hydroxylation is 1. The molecular weight excluding hydrogens is 421 g/mol. The van der Waals surface area contributed by atoms with Gasteiger partial charge in [-0.1, -0.05) is 0 Å². The predicted molar refractivity (Wildman–Crippen MR) is 123 cm³/mol. The van der Waals surface area contributed by atoms with Crippen LogP contribution in [0.4, 0.5) is 10.2 Å². The minimum atomic E-state index is -0.411. The van der Waals surface area contributed by atoms with E-state index in [0.29, 0.717) is 33.4 Å². The molecule has 168 valence electrons. The van der Waals surface area contributed by atoms with Crippen molar-refractivity contribution in [2.75, 3.05) is 31.1 Å². The standard InChI is InChI=1S/C24H24FN7O/c1-30-14-17-10-15(11-19(25)23(17)29-30)16-12-21(33)24(26-13-16)20-4-5-22(28-27-20)32-8-6-31(7-9-32)18-2-3-18/h4-5,10-14,18,33H,2-3,6-9H2,1H3. The topological polar surface area (TPSA) is 83.2 Å². The van der Waals surface area contributed by atoms with Crippen molar-refractivity contribution < 1.29 is 9.50 Å². The molecule has 1 saturated carbocycles. The summed E-state index contributed by atoms with van der Waals surface area (Å²) in [5, 5.41) is 24.2. The summed E-state index contributed by atoms with van der Waals surface area (Å²) in [6, 6.07) is 9.36. The van der Waals surface area contributed by atoms with Gasteiger partial charge in [-0.25, -0.2) is 9.37 Å². The van der Waals surface area contributed by atoms with Crippen molar-refractivity contribution in [1.82, 2.24) is 29.9 Å². The maximum atomic E-state index is 14.5. The Morgan fingerprint density at radius 3 is 2.52 bits per heavy atom. The summed E-state index contributed by atoms with van der Waals surface area (Å²) in [7, 11) is 1.75. The predicted octanol–water partition coefficient (Wildman–Crippen LogP) is 3.22. The Labute approximate surface area is 190 Å². The minimum absolute atomic E-state index is 0.0284. The third-order valence-electron chi connectivity index (χ3n) is 6.47. The second-order valence-electron chi connectivity index (χ2n) is 8.82. The van der Waals surface area contributed by atoms with Gasteiger partial charge in [0.2, 0.25) is 0 Å². The highest BCUT2D eigenvalue weighted by atomic mass is 19.1. The van der Waals surface area contributed by atoms with E-state index in [9.17, 15) is 9.50 Å². The summed E-state index contributed by atoms with van der Waals surface area (Å²) >= 11 is 0. The van der Waals surface area contributed by atoms with Crippen molar-refractivity contribution in [2.24, 2.45) is 7.05 Å². The van der Waals surface area contributed by atoms with Gasteiger partial charge in [-0.2, -0.15) is 5.10 Å². The van der Waals surface area contributed by atoms with Crippen LogP contribution in [-0.2, 0) is 7.05 Å². The number of rotatable bonds is 4. The lowest BCUT2D eigenvalue weighted by Gasteiger charge is -2.35. The molecule has 4 aromatic rings. The number of pyridine rings is 1. The van der Waals surface area contributed by atoms with Crippen molar-refractivity contribution in [1.29, 1.82) is 0 Å². The van der Waals surface area contributed by atoms with Gasteiger partial charge in [0.25, 0.3) is 0 Å². The summed E-state index contributed by atoms with van der Waals surface area (Å²) in [6.07, 6.45) is 6.03. The number of piperazine rings is 1. The van der Waals surface area contributed by atoms with E-state index in [0.717, 1.165) is 38.0 Å². The highest BCUT2D eigenvalue weighted by molar-refractivity contribution is 5.85. The lowest BCUT2D eigenvalue weighted by molar-refractivity contribution is 0.247. The van der Waals surface area contributed by atoms with E-state index in [1.807, 2.05) is 18.2 Å². The van der Waals surface area contributed by atoms with Gasteiger partial charge in [-0.05, 0) is 48.7 Å². The van der Waals surface area contributed by atoms with E-state index in [2.05, 4.69) is 30.1 Å². The fraction of sp³-hybridized carbons (Fsp3) is 0.333. The van der Waals surface area contributed by atoms with Crippen LogP contribution in [0.25, 0.3) is 33.4 Å². The van der Waals surface area contributed by atoms with Gasteiger partial charge < -0.3 is 10.0 Å². The molecule has 1 aliphatic carbocycles. The van der Waals surface area contributed by atoms with E-state index in [-0.39, 0.29) is 5.75 Å². The average Bonchev–Trinajstić information content (AvgIpc) is 3.60. The molecular formula is C24H24FN7O. The maximum Gasteiger partial charge on any atom is 0.151 e. The van der Waals surface area contributed by atoms with Gasteiger partial charge in [0.15, 0.2) is 11.6 Å². The van der Waals surface area contributed by atoms with E-state index in [1.165, 1.54) is 18.9 Å². The molecule has 2 fully saturated rings. The smallest absolute Gasteiger partial charge is 0.151 e. The largest absolute Gasteiger partial charge is 0.506 e. The second-order valence-corrected chi connectivity index (χ2v) is 8.82. The van der Waals surface area contributed by atoms with Crippen molar-refractivity contribution in [2.45, 2.75) is 18.9 Å². The summed E-state index contributed by atoms with van der Waals surface area (Å²) in [5.41, 5.74) is 2.39. The van der Waals surface area contributed by atoms with Gasteiger partial charge in [-0.15, -0.1) is 10.2 Å². The zero-order valence-corrected chi connectivity index (χ0v) is 18.3. The summed E-state index contributed by atoms with van der Waals surface area (Å²) < 4.78 is 16.0. The molecule has 0 spiro atoms. The molecule has 4 heterocycles. The molecule has 1 aliphatic heterocycles. The van der Waals surface area contributed by atoms with Crippen LogP contribution in [0.1, 0.15) is 12.8 Å². The molecule has 1 N–H and O–H groups in total. The SMILES string of the molecule is Cn1cc2cc(-c3cnc(-c4ccc(N5CCN(C6CC6)CC5)nn4)c(O)c3)cc(F)c2n1. The molecule has 0 atom stereocenters. The van der Waals surface area contributed by atoms with Crippen molar-refractivity contribution in [3.63, 3.8) is 0 Å². The van der Waals surface area contributed by atoms with Crippen LogP contribution in [0.3, 0.4) is 0 Å². The van der Waals surface area contributed by atoms with Crippen LogP contribution in [0.15, 0.2) is 42.7 Å². The summed E-state index contributed by atoms with van der Waals surface area (Å²) in [4.78, 5) is 9.20. The number of aromatic hydroxyl groups is 1. The Hall–Kier alpha value is -3.59. The molecule has 6 rings (SSSR count). The monoisotopic (exact) mass is 445 g/mol. The first-order valence-corrected chi connectivity index (χ1v) is 11.2. The number of aromatic nitrogens is 5. The van der Waals surface area contributed by atoms with E-state index >= 15 is 0 Å². The van der Waals surface area contributed by atoms with Crippen molar-refractivity contribution in [3.8, 4) is 28.3 Å². The first kappa shape index (κ1) is 20.0. The van der Waals surface area contributed by atoms with E-state index < -0.39 is 5.82 Å². The van der Waals surface area contributed by atoms with Gasteiger partial charge in [0.05, 0.1) is 0 Å². The molecule has 9 heteroatoms. The van der Waals surface area contributed by atoms with Crippen molar-refractivity contribution in [3.05, 3.63) is 48.5 Å². The van der Waals surface area contributed by atoms with Crippen LogP contribution in [0.5, 0.6) is 5.75 Å². The van der Waals surface area contributed by atoms with Crippen LogP contribution in [0, 0.1) is 5.82 Å². The fourth-order valence-electron chi connectivity index (χ4n) is 4.56. The van der Waals surface area contributed by atoms with Gasteiger partial charge in [-0.3, -0.25) is 9.58 Å². The van der Waals surface area contributed by atoms with E-state index in [4.69, 9.17) is 0 Å². The quantitative estimate of drug-likeness (QED) is 0.516. The molecule has 3 aromatic heterocycles. The third kappa shape index (κ3) is 3.78. The highest BCUT2D eigenvalue weighted by Gasteiger charge is 2.31. The highest BCUT2D eigenvalue weighted by Crippen LogP contribution is 2.33. The second kappa shape index (κ2) is 7.77. The average molecular weight is 446 g/mol. The normalized spacial score (nSPS) is 17.1. The molecule has 0 bridgehead atoms. The number of halogens is 1. The molecule has 33 heavy (non-hydrogen) atoms. The number of hydrogen-bond acceptors (Lipinski definition) is 7. The van der Waals surface area contributed by atoms with Crippen LogP contribution < -0.4 is 4.90 Å². The number of nitrogens with zero attached hydrogens (tertiary/aromatic N) is 7. The Morgan fingerprint density at radius 1 is 1.00 bits per heavy atom. The van der Waals surface area contributed by atoms with E-state index in [1.54, 1.807) is 30.2 Å². The molecule has 1 saturated heterocycles. The Morgan fingerprint density at radius 2 is 1.82 bits per heavy atom. The molecule has 0 amide bonds. The fourth-order valence-corrected chi connectivity index (χ4v) is 4.56. The lowest BCUT2D eigenvalue weighted by atomic mass is 10.0. The Kier molecular flexibility index (Phi) is 4.72. The summed E-state index contributed by atoms with van der Waals surface area (Å²) in [6.45, 7) is 4.01. The van der Waals surface area contributed by atoms with Crippen LogP contribution in [0.2, 0.25) is 0 Å². The molecule has 0 radical (unpaired) electrons. The number of benzene rings is 1. The van der Waals surface area contributed by atoms with Gasteiger partial charge in [0.1, 0.15) is 22.7 Å². The third-order valence-corrected chi connectivity index (χ3v) is 6.47. The number of anilines is 1. The Balaban J connectivity index is 1.22. The van der Waals surface area contributed by atoms with Gasteiger partial charge >= 0.3 is 0 Å². The van der Waals surface area contributed by atoms with Crippen LogP contribution in [-0.4, -0.2) is 67.2 Å². The maximum absolute atomic E-state index is 14.5. The van der Waals surface area contributed by atoms with Crippen LogP contribution >= 0.6 is 0 Å². The molecule has 0 unspecified atom stereocenters. The first-order chi connectivity index (χ1) is 16.0. The van der Waals surface area contributed by atoms with Crippen molar-refractivity contribution >= 4 is 16.7 Å². The molecule has 2 aliphatic rings. The number of hydrogen-bond donors (Lipinski definition) is 1. The first-order valence-electron chi connectivity index (χ1n) is 11.2. The molecule has 8 nitrogen and oxygen atoms in total.